The van der Waals surface area contributed by atoms with Crippen molar-refractivity contribution in [2.75, 3.05) is 11.9 Å². The van der Waals surface area contributed by atoms with Crippen molar-refractivity contribution in [1.82, 2.24) is 5.32 Å². The van der Waals surface area contributed by atoms with Gasteiger partial charge in [0, 0.05) is 18.3 Å². The summed E-state index contributed by atoms with van der Waals surface area (Å²) < 4.78 is 18.1. The Balaban J connectivity index is 2.44. The van der Waals surface area contributed by atoms with Crippen LogP contribution in [0.1, 0.15) is 33.3 Å². The number of ether oxygens (including phenoxy) is 1. The van der Waals surface area contributed by atoms with Gasteiger partial charge in [-0.3, -0.25) is 0 Å². The van der Waals surface area contributed by atoms with Crippen LogP contribution in [0, 0.1) is 12.7 Å². The normalized spacial score (nSPS) is 12.7. The SMILES string of the molecule is Cc1cc(F)ccc1NC(C)CNC(=O)OC(C)(C)C. The number of anilines is 1. The van der Waals surface area contributed by atoms with Crippen LogP contribution in [0.3, 0.4) is 0 Å². The Hall–Kier alpha value is -1.78. The highest BCUT2D eigenvalue weighted by Gasteiger charge is 2.16. The highest BCUT2D eigenvalue weighted by atomic mass is 19.1. The lowest BCUT2D eigenvalue weighted by Gasteiger charge is -2.22. The maximum atomic E-state index is 13.0. The Morgan fingerprint density at radius 2 is 2.05 bits per heavy atom. The summed E-state index contributed by atoms with van der Waals surface area (Å²) in [5.41, 5.74) is 1.17. The van der Waals surface area contributed by atoms with Gasteiger partial charge in [-0.2, -0.15) is 0 Å². The zero-order valence-corrected chi connectivity index (χ0v) is 12.7. The fourth-order valence-corrected chi connectivity index (χ4v) is 1.66. The van der Waals surface area contributed by atoms with Crippen molar-refractivity contribution in [2.24, 2.45) is 0 Å². The van der Waals surface area contributed by atoms with Gasteiger partial charge in [0.15, 0.2) is 0 Å². The molecule has 0 saturated heterocycles. The van der Waals surface area contributed by atoms with Gasteiger partial charge < -0.3 is 15.4 Å². The van der Waals surface area contributed by atoms with Crippen LogP contribution in [0.2, 0.25) is 0 Å². The topological polar surface area (TPSA) is 50.4 Å². The average molecular weight is 282 g/mol. The summed E-state index contributed by atoms with van der Waals surface area (Å²) in [6, 6.07) is 4.57. The number of rotatable bonds is 4. The van der Waals surface area contributed by atoms with Crippen LogP contribution < -0.4 is 10.6 Å². The molecule has 0 fully saturated rings. The van der Waals surface area contributed by atoms with Crippen molar-refractivity contribution in [1.29, 1.82) is 0 Å². The predicted octanol–water partition coefficient (Wildman–Crippen LogP) is 3.46. The second-order valence-corrected chi connectivity index (χ2v) is 5.89. The Labute approximate surface area is 119 Å². The first-order valence-electron chi connectivity index (χ1n) is 6.67. The van der Waals surface area contributed by atoms with Crippen LogP contribution in [0.4, 0.5) is 14.9 Å². The van der Waals surface area contributed by atoms with Gasteiger partial charge in [0.2, 0.25) is 0 Å². The second kappa shape index (κ2) is 6.59. The molecule has 0 radical (unpaired) electrons. The van der Waals surface area contributed by atoms with Gasteiger partial charge in [-0.15, -0.1) is 0 Å². The summed E-state index contributed by atoms with van der Waals surface area (Å²) in [5, 5.41) is 5.91. The molecule has 1 amide bonds. The number of alkyl carbamates (subject to hydrolysis) is 1. The zero-order valence-electron chi connectivity index (χ0n) is 12.7. The van der Waals surface area contributed by atoms with Crippen molar-refractivity contribution in [3.8, 4) is 0 Å². The molecule has 0 saturated carbocycles. The number of carbonyl (C=O) groups excluding carboxylic acids is 1. The summed E-state index contributed by atoms with van der Waals surface area (Å²) in [5.74, 6) is -0.257. The van der Waals surface area contributed by atoms with E-state index in [2.05, 4.69) is 10.6 Å². The van der Waals surface area contributed by atoms with Gasteiger partial charge in [0.05, 0.1) is 0 Å². The molecule has 20 heavy (non-hydrogen) atoms. The van der Waals surface area contributed by atoms with Gasteiger partial charge in [-0.1, -0.05) is 0 Å². The minimum atomic E-state index is -0.506. The van der Waals surface area contributed by atoms with E-state index in [1.165, 1.54) is 12.1 Å². The molecule has 5 heteroatoms. The van der Waals surface area contributed by atoms with Gasteiger partial charge in [0.1, 0.15) is 11.4 Å². The predicted molar refractivity (Wildman–Crippen MR) is 78.5 cm³/mol. The number of amides is 1. The molecular weight excluding hydrogens is 259 g/mol. The quantitative estimate of drug-likeness (QED) is 0.889. The molecule has 0 aromatic heterocycles. The van der Waals surface area contributed by atoms with E-state index in [0.717, 1.165) is 11.3 Å². The number of hydrogen-bond acceptors (Lipinski definition) is 3. The lowest BCUT2D eigenvalue weighted by atomic mass is 10.2. The maximum Gasteiger partial charge on any atom is 0.407 e. The monoisotopic (exact) mass is 282 g/mol. The van der Waals surface area contributed by atoms with E-state index in [-0.39, 0.29) is 11.9 Å². The van der Waals surface area contributed by atoms with E-state index in [4.69, 9.17) is 4.74 Å². The number of aryl methyl sites for hydroxylation is 1. The van der Waals surface area contributed by atoms with Crippen molar-refractivity contribution in [3.05, 3.63) is 29.6 Å². The third kappa shape index (κ3) is 5.91. The molecule has 0 heterocycles. The average Bonchev–Trinajstić information content (AvgIpc) is 2.28. The zero-order chi connectivity index (χ0) is 15.3. The first-order chi connectivity index (χ1) is 9.17. The standard InChI is InChI=1S/C15H23FN2O2/c1-10-8-12(16)6-7-13(10)18-11(2)9-17-14(19)20-15(3,4)5/h6-8,11,18H,9H2,1-5H3,(H,17,19). The molecule has 0 aliphatic carbocycles. The number of benzene rings is 1. The van der Waals surface area contributed by atoms with Crippen molar-refractivity contribution in [3.63, 3.8) is 0 Å². The summed E-state index contributed by atoms with van der Waals surface area (Å²) in [7, 11) is 0. The van der Waals surface area contributed by atoms with Gasteiger partial charge in [-0.25, -0.2) is 9.18 Å². The second-order valence-electron chi connectivity index (χ2n) is 5.89. The van der Waals surface area contributed by atoms with Gasteiger partial charge in [0.25, 0.3) is 0 Å². The Morgan fingerprint density at radius 3 is 2.60 bits per heavy atom. The van der Waals surface area contributed by atoms with E-state index in [1.807, 2.05) is 34.6 Å². The summed E-state index contributed by atoms with van der Waals surface area (Å²) in [4.78, 5) is 11.5. The molecule has 1 aromatic rings. The minimum Gasteiger partial charge on any atom is -0.444 e. The van der Waals surface area contributed by atoms with Crippen LogP contribution in [-0.2, 0) is 4.74 Å². The molecule has 0 aliphatic heterocycles. The third-order valence-corrected chi connectivity index (χ3v) is 2.54. The lowest BCUT2D eigenvalue weighted by Crippen LogP contribution is -2.38. The number of halogens is 1. The fourth-order valence-electron chi connectivity index (χ4n) is 1.66. The largest absolute Gasteiger partial charge is 0.444 e. The van der Waals surface area contributed by atoms with Crippen molar-refractivity contribution in [2.45, 2.75) is 46.3 Å². The summed E-state index contributed by atoms with van der Waals surface area (Å²) >= 11 is 0. The highest BCUT2D eigenvalue weighted by Crippen LogP contribution is 2.16. The van der Waals surface area contributed by atoms with Gasteiger partial charge >= 0.3 is 6.09 Å². The van der Waals surface area contributed by atoms with E-state index >= 15 is 0 Å². The lowest BCUT2D eigenvalue weighted by molar-refractivity contribution is 0.0526. The van der Waals surface area contributed by atoms with Crippen LogP contribution in [0.5, 0.6) is 0 Å². The molecular formula is C15H23FN2O2. The summed E-state index contributed by atoms with van der Waals surface area (Å²) in [6.45, 7) is 9.63. The Morgan fingerprint density at radius 1 is 1.40 bits per heavy atom. The molecule has 1 unspecified atom stereocenters. The molecule has 4 nitrogen and oxygen atoms in total. The molecule has 1 atom stereocenters. The minimum absolute atomic E-state index is 0.00618. The van der Waals surface area contributed by atoms with E-state index in [9.17, 15) is 9.18 Å². The van der Waals surface area contributed by atoms with E-state index in [1.54, 1.807) is 6.07 Å². The van der Waals surface area contributed by atoms with Crippen LogP contribution >= 0.6 is 0 Å². The van der Waals surface area contributed by atoms with Crippen LogP contribution in [0.15, 0.2) is 18.2 Å². The molecule has 0 bridgehead atoms. The Kier molecular flexibility index (Phi) is 5.36. The highest BCUT2D eigenvalue weighted by molar-refractivity contribution is 5.67. The van der Waals surface area contributed by atoms with Crippen LogP contribution in [0.25, 0.3) is 0 Å². The molecule has 1 aromatic carbocycles. The molecule has 2 N–H and O–H groups in total. The smallest absolute Gasteiger partial charge is 0.407 e. The molecule has 0 spiro atoms. The molecule has 112 valence electrons. The molecule has 1 rings (SSSR count). The first kappa shape index (κ1) is 16.3. The van der Waals surface area contributed by atoms with Crippen molar-refractivity contribution >= 4 is 11.8 Å². The number of nitrogens with one attached hydrogen (secondary N) is 2. The summed E-state index contributed by atoms with van der Waals surface area (Å²) in [6.07, 6.45) is -0.443. The number of carbonyl (C=O) groups is 1. The fraction of sp³-hybridized carbons (Fsp3) is 0.533. The van der Waals surface area contributed by atoms with Crippen LogP contribution in [-0.4, -0.2) is 24.3 Å². The van der Waals surface area contributed by atoms with Crippen molar-refractivity contribution < 1.29 is 13.9 Å². The maximum absolute atomic E-state index is 13.0. The van der Waals surface area contributed by atoms with Gasteiger partial charge in [-0.05, 0) is 58.4 Å². The third-order valence-electron chi connectivity index (χ3n) is 2.54. The van der Waals surface area contributed by atoms with E-state index < -0.39 is 11.7 Å². The first-order valence-corrected chi connectivity index (χ1v) is 6.67. The number of hydrogen-bond donors (Lipinski definition) is 2. The Bertz CT molecular complexity index is 469. The molecule has 0 aliphatic rings. The van der Waals surface area contributed by atoms with E-state index in [0.29, 0.717) is 6.54 Å².